The first kappa shape index (κ1) is 14.8. The number of benzene rings is 1. The summed E-state index contributed by atoms with van der Waals surface area (Å²) < 4.78 is 1.13. The molecular weight excluding hydrogens is 302 g/mol. The smallest absolute Gasteiger partial charge is 0.0408 e. The monoisotopic (exact) mass is 325 g/mol. The molecule has 1 aliphatic heterocycles. The summed E-state index contributed by atoms with van der Waals surface area (Å²) in [6.45, 7) is 3.02. The Morgan fingerprint density at radius 1 is 1.47 bits per heavy atom. The van der Waals surface area contributed by atoms with Crippen molar-refractivity contribution in [3.05, 3.63) is 28.2 Å². The topological polar surface area (TPSA) is 32.5 Å². The van der Waals surface area contributed by atoms with Gasteiger partial charge >= 0.3 is 0 Å². The molecule has 1 aliphatic rings. The minimum atomic E-state index is 0.676. The largest absolute Gasteiger partial charge is 0.373 e. The van der Waals surface area contributed by atoms with Crippen molar-refractivity contribution in [1.82, 2.24) is 4.90 Å². The first-order valence-electron chi connectivity index (χ1n) is 7.01. The Labute approximate surface area is 124 Å². The molecule has 2 rings (SSSR count). The Hall–Kier alpha value is -0.580. The van der Waals surface area contributed by atoms with E-state index in [1.165, 1.54) is 30.6 Å². The molecule has 1 fully saturated rings. The molecule has 0 aliphatic carbocycles. The molecule has 0 spiro atoms. The summed E-state index contributed by atoms with van der Waals surface area (Å²) in [5.74, 6) is 0. The van der Waals surface area contributed by atoms with Crippen LogP contribution in [0, 0.1) is 0 Å². The SMILES string of the molecule is CN(CC1CCCN1C)c1cc(Br)ccc1CCN. The van der Waals surface area contributed by atoms with Crippen LogP contribution in [0.5, 0.6) is 0 Å². The predicted molar refractivity (Wildman–Crippen MR) is 85.8 cm³/mol. The Morgan fingerprint density at radius 2 is 2.26 bits per heavy atom. The molecule has 19 heavy (non-hydrogen) atoms. The molecule has 1 atom stereocenters. The van der Waals surface area contributed by atoms with E-state index in [0.29, 0.717) is 12.6 Å². The number of likely N-dealkylation sites (N-methyl/N-ethyl adjacent to an activating group) is 2. The van der Waals surface area contributed by atoms with E-state index < -0.39 is 0 Å². The van der Waals surface area contributed by atoms with Gasteiger partial charge in [0.2, 0.25) is 0 Å². The molecule has 0 radical (unpaired) electrons. The second kappa shape index (κ2) is 6.73. The van der Waals surface area contributed by atoms with Gasteiger partial charge in [0.15, 0.2) is 0 Å². The zero-order valence-corrected chi connectivity index (χ0v) is 13.5. The van der Waals surface area contributed by atoms with Crippen LogP contribution in [-0.2, 0) is 6.42 Å². The maximum absolute atomic E-state index is 5.71. The van der Waals surface area contributed by atoms with E-state index in [9.17, 15) is 0 Å². The summed E-state index contributed by atoms with van der Waals surface area (Å²) >= 11 is 3.57. The van der Waals surface area contributed by atoms with Crippen LogP contribution in [0.4, 0.5) is 5.69 Å². The number of likely N-dealkylation sites (tertiary alicyclic amines) is 1. The van der Waals surface area contributed by atoms with Crippen LogP contribution in [-0.4, -0.2) is 44.7 Å². The van der Waals surface area contributed by atoms with Crippen molar-refractivity contribution in [2.45, 2.75) is 25.3 Å². The van der Waals surface area contributed by atoms with Gasteiger partial charge in [0.1, 0.15) is 0 Å². The molecule has 0 saturated carbocycles. The van der Waals surface area contributed by atoms with E-state index in [-0.39, 0.29) is 0 Å². The zero-order chi connectivity index (χ0) is 13.8. The molecule has 0 amide bonds. The van der Waals surface area contributed by atoms with Crippen molar-refractivity contribution >= 4 is 21.6 Å². The van der Waals surface area contributed by atoms with Crippen molar-refractivity contribution in [3.8, 4) is 0 Å². The summed E-state index contributed by atoms with van der Waals surface area (Å²) in [6.07, 6.45) is 3.57. The van der Waals surface area contributed by atoms with Gasteiger partial charge in [0.25, 0.3) is 0 Å². The number of rotatable bonds is 5. The first-order chi connectivity index (χ1) is 9.11. The second-order valence-corrected chi connectivity index (χ2v) is 6.38. The summed E-state index contributed by atoms with van der Waals surface area (Å²) in [6, 6.07) is 7.17. The predicted octanol–water partition coefficient (Wildman–Crippen LogP) is 2.48. The molecule has 1 saturated heterocycles. The number of nitrogens with two attached hydrogens (primary N) is 1. The van der Waals surface area contributed by atoms with Crippen molar-refractivity contribution in [1.29, 1.82) is 0 Å². The molecule has 1 aromatic carbocycles. The molecule has 1 heterocycles. The highest BCUT2D eigenvalue weighted by Crippen LogP contribution is 2.26. The van der Waals surface area contributed by atoms with Crippen LogP contribution in [0.25, 0.3) is 0 Å². The van der Waals surface area contributed by atoms with Gasteiger partial charge in [-0.25, -0.2) is 0 Å². The Kier molecular flexibility index (Phi) is 5.25. The molecule has 2 N–H and O–H groups in total. The minimum absolute atomic E-state index is 0.676. The summed E-state index contributed by atoms with van der Waals surface area (Å²) in [7, 11) is 4.42. The van der Waals surface area contributed by atoms with Crippen LogP contribution < -0.4 is 10.6 Å². The molecule has 3 nitrogen and oxygen atoms in total. The van der Waals surface area contributed by atoms with Gasteiger partial charge in [-0.3, -0.25) is 0 Å². The van der Waals surface area contributed by atoms with Crippen LogP contribution in [0.15, 0.2) is 22.7 Å². The van der Waals surface area contributed by atoms with E-state index in [1.807, 2.05) is 0 Å². The van der Waals surface area contributed by atoms with Gasteiger partial charge in [-0.2, -0.15) is 0 Å². The maximum Gasteiger partial charge on any atom is 0.0408 e. The van der Waals surface area contributed by atoms with Crippen molar-refractivity contribution in [2.75, 3.05) is 38.6 Å². The van der Waals surface area contributed by atoms with Gasteiger partial charge in [-0.1, -0.05) is 22.0 Å². The van der Waals surface area contributed by atoms with Crippen molar-refractivity contribution < 1.29 is 0 Å². The average molecular weight is 326 g/mol. The summed E-state index contributed by atoms with van der Waals surface area (Å²) in [5.41, 5.74) is 8.36. The van der Waals surface area contributed by atoms with Crippen LogP contribution in [0.3, 0.4) is 0 Å². The standard InChI is InChI=1S/C15H24BrN3/c1-18-9-3-4-14(18)11-19(2)15-10-13(16)6-5-12(15)7-8-17/h5-6,10,14H,3-4,7-9,11,17H2,1-2H3. The van der Waals surface area contributed by atoms with Gasteiger partial charge in [-0.05, 0) is 57.1 Å². The molecule has 106 valence electrons. The van der Waals surface area contributed by atoms with E-state index in [4.69, 9.17) is 5.73 Å². The minimum Gasteiger partial charge on any atom is -0.373 e. The van der Waals surface area contributed by atoms with E-state index in [2.05, 4.69) is 58.0 Å². The van der Waals surface area contributed by atoms with Crippen LogP contribution in [0.2, 0.25) is 0 Å². The molecular formula is C15H24BrN3. The fourth-order valence-corrected chi connectivity index (χ4v) is 3.23. The molecule has 1 unspecified atom stereocenters. The van der Waals surface area contributed by atoms with Crippen LogP contribution in [0.1, 0.15) is 18.4 Å². The molecule has 4 heteroatoms. The molecule has 1 aromatic rings. The number of anilines is 1. The normalized spacial score (nSPS) is 19.9. The Balaban J connectivity index is 2.12. The number of hydrogen-bond donors (Lipinski definition) is 1. The quantitative estimate of drug-likeness (QED) is 0.902. The average Bonchev–Trinajstić information content (AvgIpc) is 2.77. The highest BCUT2D eigenvalue weighted by atomic mass is 79.9. The van der Waals surface area contributed by atoms with E-state index >= 15 is 0 Å². The van der Waals surface area contributed by atoms with E-state index in [0.717, 1.165) is 17.4 Å². The number of nitrogens with zero attached hydrogens (tertiary/aromatic N) is 2. The first-order valence-corrected chi connectivity index (χ1v) is 7.81. The van der Waals surface area contributed by atoms with Crippen LogP contribution >= 0.6 is 15.9 Å². The zero-order valence-electron chi connectivity index (χ0n) is 11.9. The highest BCUT2D eigenvalue weighted by molar-refractivity contribution is 9.10. The lowest BCUT2D eigenvalue weighted by atomic mass is 10.1. The van der Waals surface area contributed by atoms with Crippen molar-refractivity contribution in [3.63, 3.8) is 0 Å². The summed E-state index contributed by atoms with van der Waals surface area (Å²) in [5, 5.41) is 0. The van der Waals surface area contributed by atoms with Gasteiger partial charge in [0, 0.05) is 29.8 Å². The Morgan fingerprint density at radius 3 is 2.89 bits per heavy atom. The lowest BCUT2D eigenvalue weighted by Crippen LogP contribution is -2.37. The maximum atomic E-state index is 5.71. The fourth-order valence-electron chi connectivity index (χ4n) is 2.88. The third-order valence-corrected chi connectivity index (χ3v) is 4.52. The molecule has 0 aromatic heterocycles. The summed E-state index contributed by atoms with van der Waals surface area (Å²) in [4.78, 5) is 4.85. The van der Waals surface area contributed by atoms with Gasteiger partial charge < -0.3 is 15.5 Å². The van der Waals surface area contributed by atoms with Crippen molar-refractivity contribution in [2.24, 2.45) is 5.73 Å². The lowest BCUT2D eigenvalue weighted by molar-refractivity contribution is 0.314. The fraction of sp³-hybridized carbons (Fsp3) is 0.600. The Bertz CT molecular complexity index is 422. The third-order valence-electron chi connectivity index (χ3n) is 4.03. The molecule has 0 bridgehead atoms. The number of halogens is 1. The second-order valence-electron chi connectivity index (χ2n) is 5.47. The van der Waals surface area contributed by atoms with Gasteiger partial charge in [0.05, 0.1) is 0 Å². The lowest BCUT2D eigenvalue weighted by Gasteiger charge is -2.29. The number of hydrogen-bond acceptors (Lipinski definition) is 3. The highest BCUT2D eigenvalue weighted by Gasteiger charge is 2.22. The third kappa shape index (κ3) is 3.71. The van der Waals surface area contributed by atoms with Gasteiger partial charge in [-0.15, -0.1) is 0 Å². The van der Waals surface area contributed by atoms with E-state index in [1.54, 1.807) is 0 Å².